The Morgan fingerprint density at radius 3 is 2.89 bits per heavy atom. The van der Waals surface area contributed by atoms with Crippen LogP contribution in [0, 0.1) is 0 Å². The Kier molecular flexibility index (Phi) is 2.91. The summed E-state index contributed by atoms with van der Waals surface area (Å²) < 4.78 is 5.94. The monoisotopic (exact) mass is 276 g/mol. The van der Waals surface area contributed by atoms with E-state index in [1.807, 2.05) is 18.2 Å². The van der Waals surface area contributed by atoms with E-state index < -0.39 is 0 Å². The van der Waals surface area contributed by atoms with Crippen LogP contribution in [0.4, 0.5) is 0 Å². The molecule has 3 rings (SSSR count). The van der Waals surface area contributed by atoms with Crippen molar-refractivity contribution in [3.8, 4) is 5.75 Å². The number of fused-ring (bicyclic) bond motifs is 3. The molecule has 0 bridgehead atoms. The first-order valence-electron chi connectivity index (χ1n) is 6.41. The van der Waals surface area contributed by atoms with Crippen molar-refractivity contribution >= 4 is 22.5 Å². The molecule has 1 aromatic carbocycles. The summed E-state index contributed by atoms with van der Waals surface area (Å²) in [6, 6.07) is 5.87. The second kappa shape index (κ2) is 4.36. The summed E-state index contributed by atoms with van der Waals surface area (Å²) in [5.41, 5.74) is 2.04. The third-order valence-electron chi connectivity index (χ3n) is 3.55. The Labute approximate surface area is 118 Å². The van der Waals surface area contributed by atoms with Gasteiger partial charge in [0.15, 0.2) is 5.75 Å². The molecule has 0 atom stereocenters. The van der Waals surface area contributed by atoms with Crippen LogP contribution in [0.1, 0.15) is 26.3 Å². The fourth-order valence-electron chi connectivity index (χ4n) is 2.33. The van der Waals surface area contributed by atoms with Crippen LogP contribution in [0.3, 0.4) is 0 Å². The van der Waals surface area contributed by atoms with Crippen LogP contribution in [0.25, 0.3) is 10.9 Å². The first kappa shape index (κ1) is 12.7. The number of aromatic nitrogens is 1. The average Bonchev–Trinajstić information content (AvgIpc) is 2.37. The lowest BCUT2D eigenvalue weighted by molar-refractivity contribution is 0.0228. The predicted molar refractivity (Wildman–Crippen MR) is 77.5 cm³/mol. The minimum absolute atomic E-state index is 0.0727. The minimum Gasteiger partial charge on any atom is -0.475 e. The van der Waals surface area contributed by atoms with E-state index in [0.717, 1.165) is 33.8 Å². The van der Waals surface area contributed by atoms with Crippen molar-refractivity contribution in [3.05, 3.63) is 35.0 Å². The van der Waals surface area contributed by atoms with Gasteiger partial charge >= 0.3 is 0 Å². The highest BCUT2D eigenvalue weighted by molar-refractivity contribution is 6.35. The van der Waals surface area contributed by atoms with Gasteiger partial charge in [0.1, 0.15) is 12.2 Å². The molecule has 0 N–H and O–H groups in total. The topological polar surface area (TPSA) is 25.4 Å². The van der Waals surface area contributed by atoms with Gasteiger partial charge in [0.05, 0.1) is 5.02 Å². The van der Waals surface area contributed by atoms with Gasteiger partial charge in [0.25, 0.3) is 0 Å². The Bertz CT molecular complexity index is 634. The van der Waals surface area contributed by atoms with Gasteiger partial charge in [-0.2, -0.15) is 0 Å². The molecular formula is C15H17ClN2O. The second-order valence-corrected chi connectivity index (χ2v) is 6.30. The first-order chi connectivity index (χ1) is 8.97. The molecule has 100 valence electrons. The van der Waals surface area contributed by atoms with Crippen LogP contribution in [0.2, 0.25) is 5.02 Å². The molecule has 0 fully saturated rings. The van der Waals surface area contributed by atoms with E-state index in [2.05, 4.69) is 30.7 Å². The van der Waals surface area contributed by atoms with Gasteiger partial charge in [-0.3, -0.25) is 9.88 Å². The molecule has 4 heteroatoms. The van der Waals surface area contributed by atoms with E-state index in [1.165, 1.54) is 0 Å². The lowest BCUT2D eigenvalue weighted by Gasteiger charge is -2.38. The van der Waals surface area contributed by atoms with E-state index in [9.17, 15) is 0 Å². The predicted octanol–water partition coefficient (Wildman–Crippen LogP) is 3.84. The van der Waals surface area contributed by atoms with Gasteiger partial charge in [-0.15, -0.1) is 0 Å². The largest absolute Gasteiger partial charge is 0.475 e. The summed E-state index contributed by atoms with van der Waals surface area (Å²) in [6.45, 7) is 7.97. The van der Waals surface area contributed by atoms with Crippen molar-refractivity contribution in [1.82, 2.24) is 9.88 Å². The van der Waals surface area contributed by atoms with Crippen LogP contribution in [0.15, 0.2) is 24.4 Å². The molecule has 1 aliphatic rings. The maximum Gasteiger partial charge on any atom is 0.152 e. The van der Waals surface area contributed by atoms with Crippen LogP contribution < -0.4 is 4.74 Å². The lowest BCUT2D eigenvalue weighted by atomic mass is 10.0. The lowest BCUT2D eigenvalue weighted by Crippen LogP contribution is -2.45. The highest BCUT2D eigenvalue weighted by Crippen LogP contribution is 2.37. The second-order valence-electron chi connectivity index (χ2n) is 5.89. The maximum absolute atomic E-state index is 6.34. The van der Waals surface area contributed by atoms with E-state index in [4.69, 9.17) is 16.3 Å². The number of halogens is 1. The van der Waals surface area contributed by atoms with Gasteiger partial charge in [0.2, 0.25) is 0 Å². The molecule has 2 aromatic rings. The summed E-state index contributed by atoms with van der Waals surface area (Å²) in [5.74, 6) is 0.875. The first-order valence-corrected chi connectivity index (χ1v) is 6.78. The van der Waals surface area contributed by atoms with Crippen molar-refractivity contribution in [2.45, 2.75) is 32.9 Å². The number of pyridine rings is 1. The number of rotatable bonds is 0. The van der Waals surface area contributed by atoms with Crippen molar-refractivity contribution < 1.29 is 4.74 Å². The van der Waals surface area contributed by atoms with Gasteiger partial charge in [0, 0.05) is 29.2 Å². The average molecular weight is 277 g/mol. The third-order valence-corrected chi connectivity index (χ3v) is 3.86. The summed E-state index contributed by atoms with van der Waals surface area (Å²) in [6.07, 6.45) is 1.78. The fraction of sp³-hybridized carbons (Fsp3) is 0.400. The standard InChI is InChI=1S/C15H17ClN2O/c1-15(2,3)18-8-10-7-12(16)11-5-4-6-17-13(11)14(10)19-9-18/h4-7H,8-9H2,1-3H3. The van der Waals surface area contributed by atoms with E-state index in [1.54, 1.807) is 6.20 Å². The number of ether oxygens (including phenoxy) is 1. The van der Waals surface area contributed by atoms with Gasteiger partial charge in [-0.05, 0) is 39.0 Å². The Hall–Kier alpha value is -1.32. The van der Waals surface area contributed by atoms with Crippen LogP contribution in [-0.2, 0) is 6.54 Å². The molecule has 0 saturated heterocycles. The molecule has 0 unspecified atom stereocenters. The van der Waals surface area contributed by atoms with Crippen molar-refractivity contribution in [2.75, 3.05) is 6.73 Å². The van der Waals surface area contributed by atoms with E-state index in [-0.39, 0.29) is 5.54 Å². The smallest absolute Gasteiger partial charge is 0.152 e. The zero-order valence-corrected chi connectivity index (χ0v) is 12.2. The summed E-state index contributed by atoms with van der Waals surface area (Å²) in [4.78, 5) is 6.69. The molecule has 0 aliphatic carbocycles. The van der Waals surface area contributed by atoms with Crippen LogP contribution >= 0.6 is 11.6 Å². The quantitative estimate of drug-likeness (QED) is 0.731. The molecule has 0 saturated carbocycles. The molecule has 2 heterocycles. The fourth-order valence-corrected chi connectivity index (χ4v) is 2.61. The minimum atomic E-state index is 0.0727. The number of hydrogen-bond acceptors (Lipinski definition) is 3. The van der Waals surface area contributed by atoms with Crippen molar-refractivity contribution in [1.29, 1.82) is 0 Å². The molecule has 0 amide bonds. The molecule has 1 aromatic heterocycles. The Morgan fingerprint density at radius 2 is 2.16 bits per heavy atom. The highest BCUT2D eigenvalue weighted by atomic mass is 35.5. The summed E-state index contributed by atoms with van der Waals surface area (Å²) in [7, 11) is 0. The van der Waals surface area contributed by atoms with E-state index >= 15 is 0 Å². The summed E-state index contributed by atoms with van der Waals surface area (Å²) in [5, 5.41) is 1.69. The number of benzene rings is 1. The normalized spacial score (nSPS) is 16.2. The van der Waals surface area contributed by atoms with Crippen molar-refractivity contribution in [2.24, 2.45) is 0 Å². The highest BCUT2D eigenvalue weighted by Gasteiger charge is 2.28. The maximum atomic E-state index is 6.34. The van der Waals surface area contributed by atoms with Gasteiger partial charge in [-0.25, -0.2) is 0 Å². The zero-order valence-electron chi connectivity index (χ0n) is 11.4. The Morgan fingerprint density at radius 1 is 1.37 bits per heavy atom. The van der Waals surface area contributed by atoms with E-state index in [0.29, 0.717) is 6.73 Å². The number of hydrogen-bond donors (Lipinski definition) is 0. The third kappa shape index (κ3) is 2.17. The molecular weight excluding hydrogens is 260 g/mol. The van der Waals surface area contributed by atoms with Crippen molar-refractivity contribution in [3.63, 3.8) is 0 Å². The Balaban J connectivity index is 2.12. The van der Waals surface area contributed by atoms with Gasteiger partial charge in [-0.1, -0.05) is 11.6 Å². The molecule has 0 radical (unpaired) electrons. The molecule has 0 spiro atoms. The summed E-state index contributed by atoms with van der Waals surface area (Å²) >= 11 is 6.34. The van der Waals surface area contributed by atoms with Gasteiger partial charge < -0.3 is 4.74 Å². The van der Waals surface area contributed by atoms with Crippen LogP contribution in [0.5, 0.6) is 5.75 Å². The molecule has 19 heavy (non-hydrogen) atoms. The number of nitrogens with zero attached hydrogens (tertiary/aromatic N) is 2. The zero-order chi connectivity index (χ0) is 13.6. The molecule has 3 nitrogen and oxygen atoms in total. The van der Waals surface area contributed by atoms with Crippen LogP contribution in [-0.4, -0.2) is 22.2 Å². The molecule has 1 aliphatic heterocycles. The SMILES string of the molecule is CC(C)(C)N1COc2c(cc(Cl)c3cccnc23)C1.